The van der Waals surface area contributed by atoms with Crippen molar-refractivity contribution in [3.05, 3.63) is 30.1 Å². The molecule has 1 aromatic carbocycles. The van der Waals surface area contributed by atoms with E-state index in [0.29, 0.717) is 22.6 Å². The first-order valence-electron chi connectivity index (χ1n) is 6.36. The van der Waals surface area contributed by atoms with Crippen LogP contribution < -0.4 is 5.32 Å². The standard InChI is InChI=1S/C14H19FN2S/c1-10-7-11(2)9-17(8-10)14(18)16-13-6-4-3-5-12(13)15/h3-6,10-11H,7-9H2,1-2H3,(H,16,18)/t10-,11-/m0/s1. The molecule has 0 radical (unpaired) electrons. The average molecular weight is 266 g/mol. The average Bonchev–Trinajstić information content (AvgIpc) is 2.31. The molecule has 98 valence electrons. The molecule has 0 aromatic heterocycles. The number of benzene rings is 1. The van der Waals surface area contributed by atoms with Crippen molar-refractivity contribution in [2.75, 3.05) is 18.4 Å². The molecule has 1 aliphatic heterocycles. The highest BCUT2D eigenvalue weighted by molar-refractivity contribution is 7.80. The predicted molar refractivity (Wildman–Crippen MR) is 77.1 cm³/mol. The molecule has 18 heavy (non-hydrogen) atoms. The van der Waals surface area contributed by atoms with Crippen molar-refractivity contribution in [3.63, 3.8) is 0 Å². The van der Waals surface area contributed by atoms with Gasteiger partial charge in [-0.2, -0.15) is 0 Å². The summed E-state index contributed by atoms with van der Waals surface area (Å²) < 4.78 is 13.5. The quantitative estimate of drug-likeness (QED) is 0.783. The molecule has 2 rings (SSSR count). The Hall–Kier alpha value is -1.16. The first-order valence-corrected chi connectivity index (χ1v) is 6.77. The molecule has 1 fully saturated rings. The van der Waals surface area contributed by atoms with Crippen molar-refractivity contribution in [2.24, 2.45) is 11.8 Å². The number of para-hydroxylation sites is 1. The van der Waals surface area contributed by atoms with Crippen molar-refractivity contribution in [1.29, 1.82) is 0 Å². The highest BCUT2D eigenvalue weighted by Gasteiger charge is 2.23. The fourth-order valence-electron chi connectivity index (χ4n) is 2.59. The SMILES string of the molecule is C[C@H]1C[C@H](C)CN(C(=S)Nc2ccccc2F)C1. The van der Waals surface area contributed by atoms with E-state index in [-0.39, 0.29) is 5.82 Å². The molecule has 0 unspecified atom stereocenters. The Labute approximate surface area is 113 Å². The van der Waals surface area contributed by atoms with Gasteiger partial charge in [0.15, 0.2) is 5.11 Å². The van der Waals surface area contributed by atoms with Crippen LogP contribution in [-0.2, 0) is 0 Å². The molecule has 1 aliphatic rings. The second kappa shape index (κ2) is 5.65. The molecule has 1 heterocycles. The Kier molecular flexibility index (Phi) is 4.17. The van der Waals surface area contributed by atoms with Gasteiger partial charge in [0.25, 0.3) is 0 Å². The zero-order valence-electron chi connectivity index (χ0n) is 10.8. The first-order chi connectivity index (χ1) is 8.56. The summed E-state index contributed by atoms with van der Waals surface area (Å²) in [6, 6.07) is 6.62. The topological polar surface area (TPSA) is 15.3 Å². The van der Waals surface area contributed by atoms with Gasteiger partial charge in [0.05, 0.1) is 5.69 Å². The minimum Gasteiger partial charge on any atom is -0.348 e. The Bertz CT molecular complexity index is 426. The molecular formula is C14H19FN2S. The van der Waals surface area contributed by atoms with Crippen LogP contribution in [0.5, 0.6) is 0 Å². The molecule has 1 saturated heterocycles. The van der Waals surface area contributed by atoms with Gasteiger partial charge in [-0.25, -0.2) is 4.39 Å². The number of hydrogen-bond donors (Lipinski definition) is 1. The van der Waals surface area contributed by atoms with E-state index >= 15 is 0 Å². The minimum atomic E-state index is -0.266. The molecule has 0 aliphatic carbocycles. The molecule has 1 N–H and O–H groups in total. The normalized spacial score (nSPS) is 23.8. The van der Waals surface area contributed by atoms with Gasteiger partial charge in [-0.15, -0.1) is 0 Å². The van der Waals surface area contributed by atoms with Gasteiger partial charge in [0, 0.05) is 13.1 Å². The molecule has 0 spiro atoms. The lowest BCUT2D eigenvalue weighted by molar-refractivity contribution is 0.216. The van der Waals surface area contributed by atoms with Crippen LogP contribution >= 0.6 is 12.2 Å². The minimum absolute atomic E-state index is 0.266. The van der Waals surface area contributed by atoms with Crippen molar-refractivity contribution in [2.45, 2.75) is 20.3 Å². The maximum Gasteiger partial charge on any atom is 0.173 e. The molecule has 4 heteroatoms. The number of nitrogens with one attached hydrogen (secondary N) is 1. The summed E-state index contributed by atoms with van der Waals surface area (Å²) in [5, 5.41) is 3.63. The lowest BCUT2D eigenvalue weighted by atomic mass is 9.92. The largest absolute Gasteiger partial charge is 0.348 e. The van der Waals surface area contributed by atoms with Crippen LogP contribution in [0.25, 0.3) is 0 Å². The lowest BCUT2D eigenvalue weighted by Gasteiger charge is -2.36. The molecule has 2 nitrogen and oxygen atoms in total. The van der Waals surface area contributed by atoms with E-state index in [1.165, 1.54) is 12.5 Å². The molecule has 0 amide bonds. The van der Waals surface area contributed by atoms with E-state index in [1.54, 1.807) is 18.2 Å². The number of thiocarbonyl (C=S) groups is 1. The van der Waals surface area contributed by atoms with Crippen molar-refractivity contribution in [3.8, 4) is 0 Å². The smallest absolute Gasteiger partial charge is 0.173 e. The first kappa shape index (κ1) is 13.3. The third-order valence-electron chi connectivity index (χ3n) is 3.27. The van der Waals surface area contributed by atoms with Crippen LogP contribution in [0.4, 0.5) is 10.1 Å². The summed E-state index contributed by atoms with van der Waals surface area (Å²) in [5.41, 5.74) is 0.452. The Morgan fingerprint density at radius 3 is 2.50 bits per heavy atom. The van der Waals surface area contributed by atoms with Gasteiger partial charge < -0.3 is 10.2 Å². The maximum atomic E-state index is 13.5. The van der Waals surface area contributed by atoms with Gasteiger partial charge in [-0.3, -0.25) is 0 Å². The van der Waals surface area contributed by atoms with E-state index in [4.69, 9.17) is 12.2 Å². The van der Waals surface area contributed by atoms with Gasteiger partial charge >= 0.3 is 0 Å². The zero-order chi connectivity index (χ0) is 13.1. The van der Waals surface area contributed by atoms with Gasteiger partial charge in [-0.1, -0.05) is 26.0 Å². The summed E-state index contributed by atoms with van der Waals surface area (Å²) in [4.78, 5) is 2.14. The van der Waals surface area contributed by atoms with E-state index in [9.17, 15) is 4.39 Å². The van der Waals surface area contributed by atoms with E-state index < -0.39 is 0 Å². The highest BCUT2D eigenvalue weighted by atomic mass is 32.1. The molecule has 1 aromatic rings. The van der Waals surface area contributed by atoms with Crippen LogP contribution in [0, 0.1) is 17.7 Å². The van der Waals surface area contributed by atoms with Gasteiger partial charge in [0.1, 0.15) is 5.82 Å². The summed E-state index contributed by atoms with van der Waals surface area (Å²) in [5.74, 6) is 1.00. The number of anilines is 1. The number of halogens is 1. The number of nitrogens with zero attached hydrogens (tertiary/aromatic N) is 1. The van der Waals surface area contributed by atoms with Crippen LogP contribution in [-0.4, -0.2) is 23.1 Å². The number of piperidine rings is 1. The second-order valence-electron chi connectivity index (χ2n) is 5.26. The van der Waals surface area contributed by atoms with E-state index in [2.05, 4.69) is 24.1 Å². The number of rotatable bonds is 1. The summed E-state index contributed by atoms with van der Waals surface area (Å²) in [6.07, 6.45) is 1.23. The summed E-state index contributed by atoms with van der Waals surface area (Å²) >= 11 is 5.37. The van der Waals surface area contributed by atoms with Crippen molar-refractivity contribution >= 4 is 23.0 Å². The second-order valence-corrected chi connectivity index (χ2v) is 5.65. The molecular weight excluding hydrogens is 247 g/mol. The van der Waals surface area contributed by atoms with Gasteiger partial charge in [0.2, 0.25) is 0 Å². The Morgan fingerprint density at radius 2 is 1.89 bits per heavy atom. The lowest BCUT2D eigenvalue weighted by Crippen LogP contribution is -2.44. The van der Waals surface area contributed by atoms with Crippen LogP contribution in [0.2, 0.25) is 0 Å². The maximum absolute atomic E-state index is 13.5. The third-order valence-corrected chi connectivity index (χ3v) is 3.63. The summed E-state index contributed by atoms with van der Waals surface area (Å²) in [6.45, 7) is 6.36. The third kappa shape index (κ3) is 3.19. The van der Waals surface area contributed by atoms with Crippen molar-refractivity contribution in [1.82, 2.24) is 4.90 Å². The monoisotopic (exact) mass is 266 g/mol. The Morgan fingerprint density at radius 1 is 1.28 bits per heavy atom. The number of likely N-dealkylation sites (tertiary alicyclic amines) is 1. The fraction of sp³-hybridized carbons (Fsp3) is 0.500. The Balaban J connectivity index is 2.02. The van der Waals surface area contributed by atoms with Gasteiger partial charge in [-0.05, 0) is 42.6 Å². The summed E-state index contributed by atoms with van der Waals surface area (Å²) in [7, 11) is 0. The van der Waals surface area contributed by atoms with Crippen LogP contribution in [0.15, 0.2) is 24.3 Å². The van der Waals surface area contributed by atoms with E-state index in [1.807, 2.05) is 0 Å². The van der Waals surface area contributed by atoms with E-state index in [0.717, 1.165) is 13.1 Å². The zero-order valence-corrected chi connectivity index (χ0v) is 11.6. The fourth-order valence-corrected chi connectivity index (χ4v) is 2.84. The molecule has 2 atom stereocenters. The van der Waals surface area contributed by atoms with Crippen LogP contribution in [0.3, 0.4) is 0 Å². The molecule has 0 saturated carbocycles. The predicted octanol–water partition coefficient (Wildman–Crippen LogP) is 3.50. The molecule has 0 bridgehead atoms. The highest BCUT2D eigenvalue weighted by Crippen LogP contribution is 2.22. The van der Waals surface area contributed by atoms with Crippen LogP contribution in [0.1, 0.15) is 20.3 Å². The number of hydrogen-bond acceptors (Lipinski definition) is 1. The van der Waals surface area contributed by atoms with Crippen molar-refractivity contribution < 1.29 is 4.39 Å².